The molecule has 0 aromatic carbocycles. The van der Waals surface area contributed by atoms with Crippen molar-refractivity contribution in [2.75, 3.05) is 13.3 Å². The Balaban J connectivity index is 3.80. The monoisotopic (exact) mass is 167 g/mol. The summed E-state index contributed by atoms with van der Waals surface area (Å²) in [6, 6.07) is 0.174. The minimum absolute atomic E-state index is 0.162. The van der Waals surface area contributed by atoms with Gasteiger partial charge in [0.1, 0.15) is 6.29 Å². The first-order valence-corrected chi connectivity index (χ1v) is 4.87. The van der Waals surface area contributed by atoms with E-state index in [4.69, 9.17) is 9.79 Å². The molecule has 0 spiro atoms. The fraction of sp³-hybridized carbons (Fsp3) is 1.00. The summed E-state index contributed by atoms with van der Waals surface area (Å²) in [7, 11) is -2.17. The molecule has 0 atom stereocenters. The molecule has 0 aromatic rings. The van der Waals surface area contributed by atoms with Gasteiger partial charge in [0, 0.05) is 6.04 Å². The van der Waals surface area contributed by atoms with Crippen LogP contribution in [0.3, 0.4) is 0 Å². The first-order chi connectivity index (χ1) is 4.33. The van der Waals surface area contributed by atoms with Crippen LogP contribution in [0.15, 0.2) is 0 Å². The molecule has 0 bridgehead atoms. The lowest BCUT2D eigenvalue weighted by Gasteiger charge is -2.20. The molecule has 0 radical (unpaired) electrons. The number of nitrogens with zero attached hydrogens (tertiary/aromatic N) is 1. The van der Waals surface area contributed by atoms with Gasteiger partial charge in [-0.05, 0) is 20.9 Å². The molecular weight excluding hydrogens is 153 g/mol. The van der Waals surface area contributed by atoms with Crippen molar-refractivity contribution >= 4 is 7.60 Å². The quantitative estimate of drug-likeness (QED) is 0.599. The normalized spacial score (nSPS) is 13.1. The molecule has 62 valence electrons. The van der Waals surface area contributed by atoms with E-state index in [9.17, 15) is 4.57 Å². The van der Waals surface area contributed by atoms with Crippen LogP contribution in [0, 0.1) is 0 Å². The predicted octanol–water partition coefficient (Wildman–Crippen LogP) is 0.462. The second kappa shape index (κ2) is 3.49. The molecule has 0 unspecified atom stereocenters. The van der Waals surface area contributed by atoms with Gasteiger partial charge in [0.2, 0.25) is 0 Å². The highest BCUT2D eigenvalue weighted by Gasteiger charge is 2.17. The lowest BCUT2D eigenvalue weighted by atomic mass is 10.4. The van der Waals surface area contributed by atoms with Crippen molar-refractivity contribution < 1.29 is 14.4 Å². The third-order valence-corrected chi connectivity index (χ3v) is 2.10. The van der Waals surface area contributed by atoms with E-state index in [1.165, 1.54) is 0 Å². The summed E-state index contributed by atoms with van der Waals surface area (Å²) in [6.45, 7) is 3.77. The second-order valence-electron chi connectivity index (χ2n) is 2.66. The maximum Gasteiger partial charge on any atom is 0.339 e. The van der Waals surface area contributed by atoms with E-state index >= 15 is 0 Å². The fourth-order valence-corrected chi connectivity index (χ4v) is 1.36. The Bertz CT molecular complexity index is 142. The molecule has 0 fully saturated rings. The molecule has 5 heteroatoms. The molecule has 0 rings (SSSR count). The molecular formula is C5H14NO3P. The van der Waals surface area contributed by atoms with E-state index in [1.54, 1.807) is 11.9 Å². The molecule has 0 heterocycles. The average Bonchev–Trinajstić information content (AvgIpc) is 1.60. The van der Waals surface area contributed by atoms with Gasteiger partial charge in [-0.25, -0.2) is 0 Å². The lowest BCUT2D eigenvalue weighted by Crippen LogP contribution is -2.27. The van der Waals surface area contributed by atoms with Gasteiger partial charge in [-0.15, -0.1) is 0 Å². The first kappa shape index (κ1) is 10.1. The van der Waals surface area contributed by atoms with Gasteiger partial charge < -0.3 is 9.79 Å². The van der Waals surface area contributed by atoms with Gasteiger partial charge in [-0.1, -0.05) is 0 Å². The zero-order chi connectivity index (χ0) is 8.36. The minimum Gasteiger partial charge on any atom is -0.324 e. The van der Waals surface area contributed by atoms with Crippen molar-refractivity contribution in [3.8, 4) is 0 Å². The highest BCUT2D eigenvalue weighted by Crippen LogP contribution is 2.34. The van der Waals surface area contributed by atoms with Crippen LogP contribution >= 0.6 is 7.60 Å². The molecule has 2 N–H and O–H groups in total. The number of hydrogen-bond acceptors (Lipinski definition) is 2. The van der Waals surface area contributed by atoms with Gasteiger partial charge in [-0.3, -0.25) is 9.46 Å². The molecule has 10 heavy (non-hydrogen) atoms. The number of rotatable bonds is 3. The summed E-state index contributed by atoms with van der Waals surface area (Å²) in [4.78, 5) is 18.6. The van der Waals surface area contributed by atoms with Gasteiger partial charge in [0.15, 0.2) is 0 Å². The van der Waals surface area contributed by atoms with Crippen LogP contribution < -0.4 is 0 Å². The highest BCUT2D eigenvalue weighted by atomic mass is 31.2. The van der Waals surface area contributed by atoms with E-state index in [0.717, 1.165) is 0 Å². The van der Waals surface area contributed by atoms with Crippen LogP contribution in [0.2, 0.25) is 0 Å². The topological polar surface area (TPSA) is 60.8 Å². The molecule has 4 nitrogen and oxygen atoms in total. The van der Waals surface area contributed by atoms with Gasteiger partial charge >= 0.3 is 7.60 Å². The van der Waals surface area contributed by atoms with Crippen LogP contribution in [0.25, 0.3) is 0 Å². The first-order valence-electron chi connectivity index (χ1n) is 3.08. The Morgan fingerprint density at radius 2 is 1.90 bits per heavy atom. The molecule has 0 saturated carbocycles. The van der Waals surface area contributed by atoms with Gasteiger partial charge in [-0.2, -0.15) is 0 Å². The molecule has 0 saturated heterocycles. The zero-order valence-electron chi connectivity index (χ0n) is 6.48. The van der Waals surface area contributed by atoms with E-state index in [-0.39, 0.29) is 12.3 Å². The Morgan fingerprint density at radius 3 is 2.00 bits per heavy atom. The summed E-state index contributed by atoms with van der Waals surface area (Å²) < 4.78 is 10.4. The van der Waals surface area contributed by atoms with Crippen molar-refractivity contribution in [2.45, 2.75) is 19.9 Å². The third kappa shape index (κ3) is 4.94. The molecule has 0 aromatic heterocycles. The Labute approximate surface area is 61.0 Å². The molecule has 0 amide bonds. The Kier molecular flexibility index (Phi) is 3.52. The van der Waals surface area contributed by atoms with Crippen LogP contribution in [-0.2, 0) is 4.57 Å². The van der Waals surface area contributed by atoms with Crippen molar-refractivity contribution in [2.24, 2.45) is 0 Å². The summed E-state index contributed by atoms with van der Waals surface area (Å²) in [6.07, 6.45) is -0.162. The van der Waals surface area contributed by atoms with E-state index in [0.29, 0.717) is 0 Å². The maximum atomic E-state index is 10.4. The van der Waals surface area contributed by atoms with Crippen molar-refractivity contribution in [3.05, 3.63) is 0 Å². The molecule has 0 aliphatic heterocycles. The lowest BCUT2D eigenvalue weighted by molar-refractivity contribution is 0.275. The minimum atomic E-state index is -3.85. The van der Waals surface area contributed by atoms with E-state index < -0.39 is 7.60 Å². The van der Waals surface area contributed by atoms with Crippen LogP contribution in [-0.4, -0.2) is 34.1 Å². The fourth-order valence-electron chi connectivity index (χ4n) is 0.454. The summed E-state index contributed by atoms with van der Waals surface area (Å²) in [5.74, 6) is 0. The maximum absolute atomic E-state index is 10.4. The summed E-state index contributed by atoms with van der Waals surface area (Å²) >= 11 is 0. The largest absolute Gasteiger partial charge is 0.339 e. The van der Waals surface area contributed by atoms with Crippen LogP contribution in [0.5, 0.6) is 0 Å². The predicted molar refractivity (Wildman–Crippen MR) is 39.8 cm³/mol. The van der Waals surface area contributed by atoms with E-state index in [2.05, 4.69) is 0 Å². The van der Waals surface area contributed by atoms with Crippen molar-refractivity contribution in [3.63, 3.8) is 0 Å². The van der Waals surface area contributed by atoms with Crippen LogP contribution in [0.4, 0.5) is 0 Å². The van der Waals surface area contributed by atoms with Crippen molar-refractivity contribution in [1.82, 2.24) is 4.90 Å². The van der Waals surface area contributed by atoms with Gasteiger partial charge in [0.05, 0.1) is 0 Å². The smallest absolute Gasteiger partial charge is 0.324 e. The summed E-state index contributed by atoms with van der Waals surface area (Å²) in [5.41, 5.74) is 0. The molecule has 0 aliphatic rings. The second-order valence-corrected chi connectivity index (χ2v) is 4.27. The van der Waals surface area contributed by atoms with E-state index in [1.807, 2.05) is 13.8 Å². The average molecular weight is 167 g/mol. The SMILES string of the molecule is CC(C)N(C)CP(=O)(O)O. The standard InChI is InChI=1S/C5H14NO3P/c1-5(2)6(3)4-10(7,8)9/h5H,4H2,1-3H3,(H2,7,8,9). The zero-order valence-corrected chi connectivity index (χ0v) is 7.38. The van der Waals surface area contributed by atoms with Crippen molar-refractivity contribution in [1.29, 1.82) is 0 Å². The molecule has 0 aliphatic carbocycles. The van der Waals surface area contributed by atoms with Crippen LogP contribution in [0.1, 0.15) is 13.8 Å². The Morgan fingerprint density at radius 1 is 1.50 bits per heavy atom. The summed E-state index contributed by atoms with van der Waals surface area (Å²) in [5, 5.41) is 0. The Hall–Kier alpha value is 0.110. The highest BCUT2D eigenvalue weighted by molar-refractivity contribution is 7.51. The van der Waals surface area contributed by atoms with Gasteiger partial charge in [0.25, 0.3) is 0 Å². The third-order valence-electron chi connectivity index (χ3n) is 1.29. The number of hydrogen-bond donors (Lipinski definition) is 2.